The molecule has 1 saturated heterocycles. The molecule has 0 aliphatic carbocycles. The van der Waals surface area contributed by atoms with Crippen molar-refractivity contribution in [1.29, 1.82) is 0 Å². The van der Waals surface area contributed by atoms with E-state index in [1.54, 1.807) is 16.4 Å². The Hall–Kier alpha value is -1.81. The maximum atomic E-state index is 12.9. The van der Waals surface area contributed by atoms with Crippen molar-refractivity contribution in [2.24, 2.45) is 5.92 Å². The summed E-state index contributed by atoms with van der Waals surface area (Å²) >= 11 is 1.53. The number of benzene rings is 1. The van der Waals surface area contributed by atoms with Crippen LogP contribution in [0.25, 0.3) is 0 Å². The van der Waals surface area contributed by atoms with Gasteiger partial charge in [-0.05, 0) is 56.0 Å². The lowest BCUT2D eigenvalue weighted by molar-refractivity contribution is 0.102. The molecule has 0 unspecified atom stereocenters. The number of carbonyl (C=O) groups is 1. The number of amides is 1. The first kappa shape index (κ1) is 22.4. The molecule has 1 aromatic carbocycles. The third-order valence-electron chi connectivity index (χ3n) is 6.07. The van der Waals surface area contributed by atoms with Gasteiger partial charge in [0, 0.05) is 43.0 Å². The van der Waals surface area contributed by atoms with Crippen molar-refractivity contribution in [3.8, 4) is 0 Å². The van der Waals surface area contributed by atoms with Gasteiger partial charge in [0.05, 0.1) is 10.6 Å². The molecular formula is C22H30N4O3S2. The fraction of sp³-hybridized carbons (Fsp3) is 0.545. The number of aromatic nitrogens is 1. The van der Waals surface area contributed by atoms with Crippen LogP contribution in [0.15, 0.2) is 29.2 Å². The van der Waals surface area contributed by atoms with E-state index in [0.717, 1.165) is 51.0 Å². The molecule has 0 bridgehead atoms. The second-order valence-corrected chi connectivity index (χ2v) is 11.5. The van der Waals surface area contributed by atoms with Gasteiger partial charge < -0.3 is 0 Å². The summed E-state index contributed by atoms with van der Waals surface area (Å²) < 4.78 is 27.3. The van der Waals surface area contributed by atoms with Crippen LogP contribution in [0, 0.1) is 5.92 Å². The van der Waals surface area contributed by atoms with E-state index in [4.69, 9.17) is 0 Å². The lowest BCUT2D eigenvalue weighted by Crippen LogP contribution is -2.37. The van der Waals surface area contributed by atoms with Gasteiger partial charge in [0.1, 0.15) is 0 Å². The van der Waals surface area contributed by atoms with Crippen LogP contribution in [0.4, 0.5) is 5.13 Å². The Morgan fingerprint density at radius 1 is 1.19 bits per heavy atom. The van der Waals surface area contributed by atoms with E-state index in [9.17, 15) is 13.2 Å². The Balaban J connectivity index is 1.41. The zero-order valence-electron chi connectivity index (χ0n) is 18.1. The molecule has 0 atom stereocenters. The average Bonchev–Trinajstić information content (AvgIpc) is 3.16. The van der Waals surface area contributed by atoms with Crippen molar-refractivity contribution in [3.63, 3.8) is 0 Å². The number of hydrogen-bond acceptors (Lipinski definition) is 6. The van der Waals surface area contributed by atoms with Crippen molar-refractivity contribution in [2.45, 2.75) is 51.0 Å². The number of piperidine rings is 1. The molecule has 2 aliphatic heterocycles. The quantitative estimate of drug-likeness (QED) is 0.709. The van der Waals surface area contributed by atoms with Gasteiger partial charge in [0.2, 0.25) is 10.0 Å². The van der Waals surface area contributed by atoms with Crippen molar-refractivity contribution >= 4 is 32.4 Å². The highest BCUT2D eigenvalue weighted by Gasteiger charge is 2.28. The lowest BCUT2D eigenvalue weighted by atomic mass is 10.0. The third-order valence-corrected chi connectivity index (χ3v) is 8.98. The summed E-state index contributed by atoms with van der Waals surface area (Å²) in [5.41, 5.74) is 1.50. The normalized spacial score (nSPS) is 18.6. The maximum Gasteiger partial charge on any atom is 0.257 e. The van der Waals surface area contributed by atoms with Gasteiger partial charge >= 0.3 is 0 Å². The van der Waals surface area contributed by atoms with Gasteiger partial charge in [-0.1, -0.05) is 13.8 Å². The summed E-state index contributed by atoms with van der Waals surface area (Å²) in [5.74, 6) is 0.288. The SMILES string of the molecule is CCCN1CCc2nc(NC(=O)c3ccc(S(=O)(=O)N4CCC(C)CC4)cc3)sc2C1. The predicted octanol–water partition coefficient (Wildman–Crippen LogP) is 3.58. The molecule has 0 spiro atoms. The molecule has 0 saturated carbocycles. The Bertz CT molecular complexity index is 1030. The molecule has 2 aromatic rings. The molecule has 1 N–H and O–H groups in total. The molecule has 31 heavy (non-hydrogen) atoms. The molecular weight excluding hydrogens is 432 g/mol. The van der Waals surface area contributed by atoms with E-state index < -0.39 is 10.0 Å². The molecule has 1 aromatic heterocycles. The number of fused-ring (bicyclic) bond motifs is 1. The summed E-state index contributed by atoms with van der Waals surface area (Å²) in [6.45, 7) is 8.40. The van der Waals surface area contributed by atoms with E-state index in [-0.39, 0.29) is 10.8 Å². The lowest BCUT2D eigenvalue weighted by Gasteiger charge is -2.29. The summed E-state index contributed by atoms with van der Waals surface area (Å²) in [6, 6.07) is 6.20. The molecule has 3 heterocycles. The van der Waals surface area contributed by atoms with Gasteiger partial charge in [0.25, 0.3) is 5.91 Å². The largest absolute Gasteiger partial charge is 0.298 e. The number of anilines is 1. The Labute approximate surface area is 188 Å². The molecule has 7 nitrogen and oxygen atoms in total. The number of rotatable bonds is 6. The van der Waals surface area contributed by atoms with Gasteiger partial charge in [0.15, 0.2) is 5.13 Å². The minimum absolute atomic E-state index is 0.235. The minimum Gasteiger partial charge on any atom is -0.298 e. The van der Waals surface area contributed by atoms with Crippen molar-refractivity contribution in [3.05, 3.63) is 40.4 Å². The molecule has 9 heteroatoms. The zero-order valence-corrected chi connectivity index (χ0v) is 19.8. The smallest absolute Gasteiger partial charge is 0.257 e. The van der Waals surface area contributed by atoms with Crippen LogP contribution in [0.5, 0.6) is 0 Å². The van der Waals surface area contributed by atoms with E-state index in [1.165, 1.54) is 28.3 Å². The number of nitrogens with zero attached hydrogens (tertiary/aromatic N) is 3. The van der Waals surface area contributed by atoms with Crippen molar-refractivity contribution in [1.82, 2.24) is 14.2 Å². The first-order chi connectivity index (χ1) is 14.9. The third kappa shape index (κ3) is 5.00. The van der Waals surface area contributed by atoms with E-state index in [0.29, 0.717) is 29.7 Å². The monoisotopic (exact) mass is 462 g/mol. The molecule has 2 aliphatic rings. The second kappa shape index (κ2) is 9.36. The molecule has 1 amide bonds. The van der Waals surface area contributed by atoms with Gasteiger partial charge in [-0.25, -0.2) is 13.4 Å². The topological polar surface area (TPSA) is 82.6 Å². The van der Waals surface area contributed by atoms with E-state index in [1.807, 2.05) is 0 Å². The Morgan fingerprint density at radius 3 is 2.58 bits per heavy atom. The maximum absolute atomic E-state index is 12.9. The van der Waals surface area contributed by atoms with Crippen LogP contribution in [0.3, 0.4) is 0 Å². The van der Waals surface area contributed by atoms with Gasteiger partial charge in [-0.2, -0.15) is 4.31 Å². The fourth-order valence-corrected chi connectivity index (χ4v) is 6.65. The Morgan fingerprint density at radius 2 is 1.90 bits per heavy atom. The summed E-state index contributed by atoms with van der Waals surface area (Å²) in [7, 11) is -3.51. The van der Waals surface area contributed by atoms with Crippen LogP contribution >= 0.6 is 11.3 Å². The standard InChI is InChI=1S/C22H30N4O3S2/c1-3-11-25-12-10-19-20(15-25)30-22(23-19)24-21(27)17-4-6-18(7-5-17)31(28,29)26-13-8-16(2)9-14-26/h4-7,16H,3,8-15H2,1-2H3,(H,23,24,27). The number of nitrogens with one attached hydrogen (secondary N) is 1. The van der Waals surface area contributed by atoms with E-state index >= 15 is 0 Å². The fourth-order valence-electron chi connectivity index (χ4n) is 4.13. The summed E-state index contributed by atoms with van der Waals surface area (Å²) in [5, 5.41) is 3.48. The second-order valence-electron chi connectivity index (χ2n) is 8.48. The first-order valence-corrected chi connectivity index (χ1v) is 13.2. The van der Waals surface area contributed by atoms with Crippen molar-refractivity contribution in [2.75, 3.05) is 31.5 Å². The number of carbonyl (C=O) groups excluding carboxylic acids is 1. The highest BCUT2D eigenvalue weighted by Crippen LogP contribution is 2.29. The zero-order chi connectivity index (χ0) is 22.0. The van der Waals surface area contributed by atoms with Gasteiger partial charge in [-0.15, -0.1) is 11.3 Å². The van der Waals surface area contributed by atoms with Crippen LogP contribution in [-0.2, 0) is 23.0 Å². The minimum atomic E-state index is -3.51. The molecule has 0 radical (unpaired) electrons. The Kier molecular flexibility index (Phi) is 6.76. The first-order valence-electron chi connectivity index (χ1n) is 11.0. The van der Waals surface area contributed by atoms with E-state index in [2.05, 4.69) is 29.0 Å². The van der Waals surface area contributed by atoms with Crippen LogP contribution in [0.1, 0.15) is 54.0 Å². The van der Waals surface area contributed by atoms with Crippen molar-refractivity contribution < 1.29 is 13.2 Å². The summed E-state index contributed by atoms with van der Waals surface area (Å²) in [6.07, 6.45) is 3.80. The average molecular weight is 463 g/mol. The summed E-state index contributed by atoms with van der Waals surface area (Å²) in [4.78, 5) is 21.1. The van der Waals surface area contributed by atoms with Crippen LogP contribution < -0.4 is 5.32 Å². The number of hydrogen-bond donors (Lipinski definition) is 1. The number of thiazole rings is 1. The molecule has 168 valence electrons. The predicted molar refractivity (Wildman–Crippen MR) is 123 cm³/mol. The highest BCUT2D eigenvalue weighted by atomic mass is 32.2. The number of sulfonamides is 1. The van der Waals surface area contributed by atoms with Crippen LogP contribution in [0.2, 0.25) is 0 Å². The van der Waals surface area contributed by atoms with Crippen LogP contribution in [-0.4, -0.2) is 54.7 Å². The molecule has 4 rings (SSSR count). The molecule has 1 fully saturated rings. The van der Waals surface area contributed by atoms with Gasteiger partial charge in [-0.3, -0.25) is 15.0 Å². The highest BCUT2D eigenvalue weighted by molar-refractivity contribution is 7.89.